The molecule has 0 N–H and O–H groups in total. The van der Waals surface area contributed by atoms with Gasteiger partial charge in [-0.25, -0.2) is 0 Å². The zero-order chi connectivity index (χ0) is 25.1. The highest BCUT2D eigenvalue weighted by Gasteiger charge is 2.15. The monoisotopic (exact) mass is 484 g/mol. The van der Waals surface area contributed by atoms with E-state index in [0.29, 0.717) is 0 Å². The lowest BCUT2D eigenvalue weighted by Gasteiger charge is -2.16. The van der Waals surface area contributed by atoms with Gasteiger partial charge in [-0.1, -0.05) is 97.1 Å². The molecule has 0 unspecified atom stereocenters. The van der Waals surface area contributed by atoms with Crippen molar-refractivity contribution in [3.63, 3.8) is 0 Å². The highest BCUT2D eigenvalue weighted by atomic mass is 14.7. The van der Waals surface area contributed by atoms with Crippen LogP contribution in [0, 0.1) is 0 Å². The lowest BCUT2D eigenvalue weighted by Crippen LogP contribution is -1.99. The van der Waals surface area contributed by atoms with Gasteiger partial charge in [-0.15, -0.1) is 0 Å². The van der Waals surface area contributed by atoms with E-state index in [1.54, 1.807) is 0 Å². The van der Waals surface area contributed by atoms with Gasteiger partial charge in [0.1, 0.15) is 0 Å². The molecule has 0 saturated carbocycles. The Labute approximate surface area is 221 Å². The Morgan fingerprint density at radius 1 is 0.447 bits per heavy atom. The lowest BCUT2D eigenvalue weighted by atomic mass is 9.90. The van der Waals surface area contributed by atoms with Gasteiger partial charge in [-0.3, -0.25) is 9.98 Å². The predicted octanol–water partition coefficient (Wildman–Crippen LogP) is 8.86. The molecule has 0 spiro atoms. The molecule has 0 atom stereocenters. The Balaban J connectivity index is 1.12. The first-order chi connectivity index (χ1) is 18.8. The minimum atomic E-state index is 0.762. The molecule has 2 heteroatoms. The summed E-state index contributed by atoms with van der Waals surface area (Å²) in [5.41, 5.74) is 12.4. The second-order valence-corrected chi connectivity index (χ2v) is 10.2. The van der Waals surface area contributed by atoms with Gasteiger partial charge in [0.15, 0.2) is 0 Å². The first-order valence-corrected chi connectivity index (χ1v) is 13.1. The van der Waals surface area contributed by atoms with E-state index in [-0.39, 0.29) is 0 Å². The van der Waals surface area contributed by atoms with Crippen LogP contribution in [0.15, 0.2) is 119 Å². The molecule has 0 aromatic heterocycles. The van der Waals surface area contributed by atoms with Crippen LogP contribution in [0.25, 0.3) is 54.9 Å². The third-order valence-electron chi connectivity index (χ3n) is 7.99. The molecular formula is C36H24N2. The number of benzene rings is 6. The maximum Gasteiger partial charge on any atom is 0.0646 e. The average molecular weight is 485 g/mol. The Morgan fingerprint density at radius 3 is 1.79 bits per heavy atom. The topological polar surface area (TPSA) is 24.7 Å². The summed E-state index contributed by atoms with van der Waals surface area (Å²) in [6.07, 6.45) is 4.07. The third-order valence-corrected chi connectivity index (χ3v) is 7.99. The molecule has 2 aliphatic heterocycles. The van der Waals surface area contributed by atoms with Crippen molar-refractivity contribution in [2.45, 2.75) is 13.1 Å². The van der Waals surface area contributed by atoms with Gasteiger partial charge < -0.3 is 0 Å². The van der Waals surface area contributed by atoms with Crippen LogP contribution in [0.2, 0.25) is 0 Å². The number of nitrogens with zero attached hydrogens (tertiary/aromatic N) is 2. The van der Waals surface area contributed by atoms with Crippen LogP contribution in [0.4, 0.5) is 0 Å². The van der Waals surface area contributed by atoms with Crippen LogP contribution in [0.5, 0.6) is 0 Å². The maximum absolute atomic E-state index is 4.63. The van der Waals surface area contributed by atoms with Crippen LogP contribution in [0.1, 0.15) is 22.3 Å². The van der Waals surface area contributed by atoms with Gasteiger partial charge >= 0.3 is 0 Å². The number of aliphatic imine (C=N–C) groups is 2. The molecule has 0 saturated heterocycles. The minimum absolute atomic E-state index is 0.762. The van der Waals surface area contributed by atoms with Crippen molar-refractivity contribution in [1.82, 2.24) is 0 Å². The second kappa shape index (κ2) is 8.36. The Morgan fingerprint density at radius 2 is 1.05 bits per heavy atom. The summed E-state index contributed by atoms with van der Waals surface area (Å²) < 4.78 is 0. The molecule has 38 heavy (non-hydrogen) atoms. The third kappa shape index (κ3) is 3.34. The fourth-order valence-corrected chi connectivity index (χ4v) is 6.12. The molecular weight excluding hydrogens is 460 g/mol. The summed E-state index contributed by atoms with van der Waals surface area (Å²) in [6, 6.07) is 39.9. The van der Waals surface area contributed by atoms with Crippen molar-refractivity contribution in [1.29, 1.82) is 0 Å². The van der Waals surface area contributed by atoms with Crippen LogP contribution >= 0.6 is 0 Å². The smallest absolute Gasteiger partial charge is 0.0646 e. The summed E-state index contributed by atoms with van der Waals surface area (Å²) in [7, 11) is 0. The zero-order valence-corrected chi connectivity index (χ0v) is 20.9. The van der Waals surface area contributed by atoms with Gasteiger partial charge in [0.2, 0.25) is 0 Å². The van der Waals surface area contributed by atoms with E-state index in [2.05, 4.69) is 119 Å². The molecule has 0 aliphatic carbocycles. The summed E-state index contributed by atoms with van der Waals surface area (Å²) in [5, 5.41) is 5.24. The fourth-order valence-electron chi connectivity index (χ4n) is 6.12. The molecule has 2 nitrogen and oxygen atoms in total. The maximum atomic E-state index is 4.63. The van der Waals surface area contributed by atoms with Gasteiger partial charge in [0, 0.05) is 23.6 Å². The second-order valence-electron chi connectivity index (χ2n) is 10.2. The van der Waals surface area contributed by atoms with E-state index in [1.165, 1.54) is 77.2 Å². The molecule has 2 aliphatic rings. The fraction of sp³-hybridized carbons (Fsp3) is 0.0556. The van der Waals surface area contributed by atoms with Crippen LogP contribution < -0.4 is 0 Å². The van der Waals surface area contributed by atoms with E-state index < -0.39 is 0 Å². The summed E-state index contributed by atoms with van der Waals surface area (Å²) >= 11 is 0. The highest BCUT2D eigenvalue weighted by molar-refractivity contribution is 6.09. The van der Waals surface area contributed by atoms with Crippen molar-refractivity contribution in [3.8, 4) is 33.4 Å². The molecule has 178 valence electrons. The van der Waals surface area contributed by atoms with E-state index in [1.807, 2.05) is 12.4 Å². The molecule has 0 amide bonds. The number of rotatable bonds is 3. The number of hydrogen-bond acceptors (Lipinski definition) is 2. The van der Waals surface area contributed by atoms with Crippen molar-refractivity contribution < 1.29 is 0 Å². The van der Waals surface area contributed by atoms with Crippen molar-refractivity contribution in [2.75, 3.05) is 0 Å². The van der Waals surface area contributed by atoms with E-state index in [9.17, 15) is 0 Å². The van der Waals surface area contributed by atoms with Crippen LogP contribution in [-0.2, 0) is 13.1 Å². The molecule has 0 bridgehead atoms. The highest BCUT2D eigenvalue weighted by Crippen LogP contribution is 2.36. The molecule has 0 radical (unpaired) electrons. The Hall–Kier alpha value is -4.82. The minimum Gasteiger partial charge on any atom is -0.288 e. The van der Waals surface area contributed by atoms with Crippen LogP contribution in [0.3, 0.4) is 0 Å². The molecule has 2 heterocycles. The van der Waals surface area contributed by atoms with Gasteiger partial charge in [0.25, 0.3) is 0 Å². The Bertz CT molecular complexity index is 1940. The molecule has 6 aromatic rings. The SMILES string of the molecule is C1=NCc2cccc3cc(-c4ccc(-c5ccc(-c6ccc7cccc8c7c6C=NC8)cc5)cc4)cc1c23. The average Bonchev–Trinajstić information content (AvgIpc) is 2.98. The van der Waals surface area contributed by atoms with Crippen molar-refractivity contribution in [2.24, 2.45) is 9.98 Å². The summed E-state index contributed by atoms with van der Waals surface area (Å²) in [5.74, 6) is 0. The zero-order valence-electron chi connectivity index (χ0n) is 20.9. The van der Waals surface area contributed by atoms with Gasteiger partial charge in [0.05, 0.1) is 13.1 Å². The number of hydrogen-bond donors (Lipinski definition) is 0. The first-order valence-electron chi connectivity index (χ1n) is 13.1. The largest absolute Gasteiger partial charge is 0.288 e. The van der Waals surface area contributed by atoms with Crippen LogP contribution in [-0.4, -0.2) is 12.4 Å². The van der Waals surface area contributed by atoms with Gasteiger partial charge in [-0.05, 0) is 78.2 Å². The standard InChI is InChI=1S/C36H24N2/c1-3-27-15-16-33(34-22-38-20-30(6-1)36(27)34)26-13-11-24(12-14-26)23-7-9-25(10-8-23)31-17-28-4-2-5-29-19-37-21-32(18-31)35(28)29/h1-18,21-22H,19-20H2. The Kier molecular flexibility index (Phi) is 4.68. The van der Waals surface area contributed by atoms with E-state index in [0.717, 1.165) is 13.1 Å². The van der Waals surface area contributed by atoms with E-state index in [4.69, 9.17) is 0 Å². The van der Waals surface area contributed by atoms with Crippen molar-refractivity contribution >= 4 is 34.0 Å². The predicted molar refractivity (Wildman–Crippen MR) is 160 cm³/mol. The van der Waals surface area contributed by atoms with Crippen molar-refractivity contribution in [3.05, 3.63) is 131 Å². The molecule has 0 fully saturated rings. The lowest BCUT2D eigenvalue weighted by molar-refractivity contribution is 1.08. The normalized spacial score (nSPS) is 13.4. The molecule has 6 aromatic carbocycles. The quantitative estimate of drug-likeness (QED) is 0.240. The summed E-state index contributed by atoms with van der Waals surface area (Å²) in [6.45, 7) is 1.53. The first kappa shape index (κ1) is 21.3. The van der Waals surface area contributed by atoms with Gasteiger partial charge in [-0.2, -0.15) is 0 Å². The summed E-state index contributed by atoms with van der Waals surface area (Å²) in [4.78, 5) is 9.19. The van der Waals surface area contributed by atoms with E-state index >= 15 is 0 Å². The molecule has 8 rings (SSSR count).